The van der Waals surface area contributed by atoms with E-state index in [0.29, 0.717) is 22.0 Å². The van der Waals surface area contributed by atoms with E-state index >= 15 is 0 Å². The first kappa shape index (κ1) is 17.1. The van der Waals surface area contributed by atoms with E-state index in [1.807, 2.05) is 12.1 Å². The first-order chi connectivity index (χ1) is 11.6. The maximum atomic E-state index is 12.2. The number of nitrogens with zero attached hydrogens (tertiary/aromatic N) is 2. The molecule has 1 amide bonds. The third-order valence-electron chi connectivity index (χ3n) is 2.98. The van der Waals surface area contributed by atoms with Gasteiger partial charge in [0.05, 0.1) is 10.7 Å². The van der Waals surface area contributed by atoms with E-state index < -0.39 is 5.91 Å². The Balaban J connectivity index is 2.14. The van der Waals surface area contributed by atoms with Crippen LogP contribution in [0.3, 0.4) is 0 Å². The summed E-state index contributed by atoms with van der Waals surface area (Å²) in [5.41, 5.74) is 1.04. The highest BCUT2D eigenvalue weighted by molar-refractivity contribution is 6.34. The molecule has 118 valence electrons. The second-order valence-electron chi connectivity index (χ2n) is 4.62. The van der Waals surface area contributed by atoms with Gasteiger partial charge in [-0.15, -0.1) is 0 Å². The van der Waals surface area contributed by atoms with Crippen molar-refractivity contribution in [1.82, 2.24) is 0 Å². The van der Waals surface area contributed by atoms with Crippen LogP contribution in [0.4, 0.5) is 5.69 Å². The summed E-state index contributed by atoms with van der Waals surface area (Å²) >= 11 is 5.98. The maximum Gasteiger partial charge on any atom is 0.266 e. The third kappa shape index (κ3) is 4.61. The Morgan fingerprint density at radius 1 is 1.17 bits per heavy atom. The molecule has 2 rings (SSSR count). The SMILES string of the molecule is N#CCOc1ccc(/C=C(\C#N)C(=O)Nc2ccccc2Cl)cc1. The Labute approximate surface area is 144 Å². The highest BCUT2D eigenvalue weighted by Crippen LogP contribution is 2.21. The van der Waals surface area contributed by atoms with Crippen LogP contribution in [0.2, 0.25) is 5.02 Å². The Hall–Kier alpha value is -3.28. The molecule has 0 aromatic heterocycles. The van der Waals surface area contributed by atoms with Crippen LogP contribution in [0, 0.1) is 22.7 Å². The van der Waals surface area contributed by atoms with Crippen LogP contribution >= 0.6 is 11.6 Å². The van der Waals surface area contributed by atoms with Gasteiger partial charge in [-0.1, -0.05) is 35.9 Å². The normalized spacial score (nSPS) is 10.4. The van der Waals surface area contributed by atoms with Crippen molar-refractivity contribution in [2.45, 2.75) is 0 Å². The molecule has 0 saturated carbocycles. The lowest BCUT2D eigenvalue weighted by molar-refractivity contribution is -0.112. The van der Waals surface area contributed by atoms with Gasteiger partial charge in [0.15, 0.2) is 6.61 Å². The molecule has 0 unspecified atom stereocenters. The van der Waals surface area contributed by atoms with E-state index in [-0.39, 0.29) is 12.2 Å². The average molecular weight is 338 g/mol. The van der Waals surface area contributed by atoms with Gasteiger partial charge in [0.2, 0.25) is 0 Å². The van der Waals surface area contributed by atoms with Gasteiger partial charge in [0.1, 0.15) is 23.5 Å². The molecule has 0 spiro atoms. The predicted molar refractivity (Wildman–Crippen MR) is 91.2 cm³/mol. The van der Waals surface area contributed by atoms with E-state index in [0.717, 1.165) is 0 Å². The van der Waals surface area contributed by atoms with E-state index in [1.54, 1.807) is 48.5 Å². The van der Waals surface area contributed by atoms with Crippen molar-refractivity contribution < 1.29 is 9.53 Å². The standard InChI is InChI=1S/C18H12ClN3O2/c19-16-3-1-2-4-17(16)22-18(23)14(12-21)11-13-5-7-15(8-6-13)24-10-9-20/h1-8,11H,10H2,(H,22,23)/b14-11+. The van der Waals surface area contributed by atoms with Crippen LogP contribution in [0.15, 0.2) is 54.1 Å². The molecule has 0 atom stereocenters. The average Bonchev–Trinajstić information content (AvgIpc) is 2.60. The number of hydrogen-bond donors (Lipinski definition) is 1. The number of nitrogens with one attached hydrogen (secondary N) is 1. The van der Waals surface area contributed by atoms with Gasteiger partial charge in [-0.25, -0.2) is 0 Å². The second-order valence-corrected chi connectivity index (χ2v) is 5.03. The van der Waals surface area contributed by atoms with Gasteiger partial charge in [0, 0.05) is 0 Å². The quantitative estimate of drug-likeness (QED) is 0.664. The summed E-state index contributed by atoms with van der Waals surface area (Å²) in [6.07, 6.45) is 1.46. The molecule has 0 aliphatic heterocycles. The minimum Gasteiger partial charge on any atom is -0.479 e. The number of benzene rings is 2. The molecule has 0 fully saturated rings. The van der Waals surface area contributed by atoms with Gasteiger partial charge in [-0.3, -0.25) is 4.79 Å². The Kier molecular flexibility index (Phi) is 5.96. The minimum atomic E-state index is -0.546. The van der Waals surface area contributed by atoms with Crippen molar-refractivity contribution in [2.24, 2.45) is 0 Å². The number of para-hydroxylation sites is 1. The van der Waals surface area contributed by atoms with Gasteiger partial charge < -0.3 is 10.1 Å². The molecule has 5 nitrogen and oxygen atoms in total. The summed E-state index contributed by atoms with van der Waals surface area (Å²) in [5.74, 6) is -0.0110. The van der Waals surface area contributed by atoms with Crippen LogP contribution in [0.5, 0.6) is 5.75 Å². The molecule has 2 aromatic rings. The number of hydrogen-bond acceptors (Lipinski definition) is 4. The first-order valence-electron chi connectivity index (χ1n) is 6.91. The molecule has 6 heteroatoms. The third-order valence-corrected chi connectivity index (χ3v) is 3.31. The fourth-order valence-corrected chi connectivity index (χ4v) is 2.03. The van der Waals surface area contributed by atoms with Crippen molar-refractivity contribution in [3.63, 3.8) is 0 Å². The molecule has 0 aliphatic carbocycles. The lowest BCUT2D eigenvalue weighted by atomic mass is 10.1. The highest BCUT2D eigenvalue weighted by Gasteiger charge is 2.11. The molecule has 1 N–H and O–H groups in total. The largest absolute Gasteiger partial charge is 0.479 e. The fourth-order valence-electron chi connectivity index (χ4n) is 1.84. The predicted octanol–water partition coefficient (Wildman–Crippen LogP) is 3.79. The first-order valence-corrected chi connectivity index (χ1v) is 7.29. The Morgan fingerprint density at radius 2 is 1.88 bits per heavy atom. The van der Waals surface area contributed by atoms with Gasteiger partial charge in [-0.05, 0) is 35.9 Å². The van der Waals surface area contributed by atoms with Gasteiger partial charge in [0.25, 0.3) is 5.91 Å². The van der Waals surface area contributed by atoms with E-state index in [4.69, 9.17) is 21.6 Å². The zero-order valence-corrected chi connectivity index (χ0v) is 13.2. The maximum absolute atomic E-state index is 12.2. The molecule has 0 bridgehead atoms. The molecule has 2 aromatic carbocycles. The minimum absolute atomic E-state index is 0.0428. The number of carbonyl (C=O) groups is 1. The van der Waals surface area contributed by atoms with Crippen molar-refractivity contribution in [3.8, 4) is 17.9 Å². The van der Waals surface area contributed by atoms with Crippen molar-refractivity contribution in [2.75, 3.05) is 11.9 Å². The zero-order chi connectivity index (χ0) is 17.4. The molecular weight excluding hydrogens is 326 g/mol. The van der Waals surface area contributed by atoms with E-state index in [1.165, 1.54) is 6.08 Å². The number of amides is 1. The molecular formula is C18H12ClN3O2. The molecule has 0 aliphatic rings. The van der Waals surface area contributed by atoms with Crippen molar-refractivity contribution >= 4 is 29.3 Å². The molecule has 0 radical (unpaired) electrons. The molecule has 0 heterocycles. The smallest absolute Gasteiger partial charge is 0.266 e. The van der Waals surface area contributed by atoms with Crippen LogP contribution in [-0.2, 0) is 4.79 Å². The van der Waals surface area contributed by atoms with Gasteiger partial charge >= 0.3 is 0 Å². The lowest BCUT2D eigenvalue weighted by Gasteiger charge is -2.06. The monoisotopic (exact) mass is 337 g/mol. The fraction of sp³-hybridized carbons (Fsp3) is 0.0556. The van der Waals surface area contributed by atoms with Crippen molar-refractivity contribution in [1.29, 1.82) is 10.5 Å². The van der Waals surface area contributed by atoms with Crippen LogP contribution < -0.4 is 10.1 Å². The summed E-state index contributed by atoms with van der Waals surface area (Å²) in [7, 11) is 0. The number of carbonyl (C=O) groups excluding carboxylic acids is 1. The zero-order valence-electron chi connectivity index (χ0n) is 12.5. The summed E-state index contributed by atoms with van der Waals surface area (Å²) < 4.78 is 5.14. The van der Waals surface area contributed by atoms with Crippen LogP contribution in [0.1, 0.15) is 5.56 Å². The summed E-state index contributed by atoms with van der Waals surface area (Å²) in [5, 5.41) is 20.7. The number of rotatable bonds is 5. The lowest BCUT2D eigenvalue weighted by Crippen LogP contribution is -2.13. The highest BCUT2D eigenvalue weighted by atomic mass is 35.5. The summed E-state index contributed by atoms with van der Waals surface area (Å²) in [6.45, 7) is -0.0428. The van der Waals surface area contributed by atoms with E-state index in [2.05, 4.69) is 5.32 Å². The topological polar surface area (TPSA) is 85.9 Å². The number of nitriles is 2. The number of halogens is 1. The van der Waals surface area contributed by atoms with Crippen LogP contribution in [-0.4, -0.2) is 12.5 Å². The second kappa shape index (κ2) is 8.38. The molecule has 0 saturated heterocycles. The Bertz CT molecular complexity index is 846. The van der Waals surface area contributed by atoms with E-state index in [9.17, 15) is 10.1 Å². The summed E-state index contributed by atoms with van der Waals surface area (Å²) in [4.78, 5) is 12.2. The number of ether oxygens (including phenoxy) is 1. The van der Waals surface area contributed by atoms with Crippen molar-refractivity contribution in [3.05, 3.63) is 64.7 Å². The van der Waals surface area contributed by atoms with Gasteiger partial charge in [-0.2, -0.15) is 10.5 Å². The number of anilines is 1. The summed E-state index contributed by atoms with van der Waals surface area (Å²) in [6, 6.07) is 17.2. The molecule has 24 heavy (non-hydrogen) atoms. The Morgan fingerprint density at radius 3 is 2.50 bits per heavy atom. The van der Waals surface area contributed by atoms with Crippen LogP contribution in [0.25, 0.3) is 6.08 Å².